The van der Waals surface area contributed by atoms with Crippen molar-refractivity contribution in [2.75, 3.05) is 11.8 Å². The molecule has 0 radical (unpaired) electrons. The molecule has 0 spiro atoms. The Bertz CT molecular complexity index is 937. The highest BCUT2D eigenvalue weighted by atomic mass is 32.2. The van der Waals surface area contributed by atoms with E-state index >= 15 is 0 Å². The second-order valence-electron chi connectivity index (χ2n) is 4.83. The van der Waals surface area contributed by atoms with Gasteiger partial charge in [-0.25, -0.2) is 22.0 Å². The van der Waals surface area contributed by atoms with E-state index in [9.17, 15) is 16.8 Å². The van der Waals surface area contributed by atoms with Crippen molar-refractivity contribution in [3.05, 3.63) is 48.0 Å². The van der Waals surface area contributed by atoms with E-state index < -0.39 is 20.0 Å². The van der Waals surface area contributed by atoms with Crippen molar-refractivity contribution in [3.63, 3.8) is 0 Å². The molecule has 0 bridgehead atoms. The third-order valence-corrected chi connectivity index (χ3v) is 5.32. The zero-order chi connectivity index (χ0) is 17.3. The predicted molar refractivity (Wildman–Crippen MR) is 86.4 cm³/mol. The van der Waals surface area contributed by atoms with Gasteiger partial charge in [0.05, 0.1) is 22.6 Å². The summed E-state index contributed by atoms with van der Waals surface area (Å²) >= 11 is 0. The number of primary sulfonamides is 1. The fourth-order valence-electron chi connectivity index (χ4n) is 1.92. The highest BCUT2D eigenvalue weighted by molar-refractivity contribution is 7.93. The number of aryl methyl sites for hydroxylation is 1. The number of hydrogen-bond acceptors (Lipinski definition) is 5. The minimum absolute atomic E-state index is 0.215. The van der Waals surface area contributed by atoms with Crippen molar-refractivity contribution >= 4 is 25.7 Å². The first-order valence-corrected chi connectivity index (χ1v) is 9.47. The van der Waals surface area contributed by atoms with Crippen LogP contribution < -0.4 is 14.6 Å². The molecule has 0 unspecified atom stereocenters. The molecule has 9 heteroatoms. The van der Waals surface area contributed by atoms with Crippen LogP contribution in [0.3, 0.4) is 0 Å². The molecule has 0 aliphatic carbocycles. The van der Waals surface area contributed by atoms with Gasteiger partial charge >= 0.3 is 0 Å². The Kier molecular flexibility index (Phi) is 4.64. The van der Waals surface area contributed by atoms with Gasteiger partial charge in [-0.3, -0.25) is 4.72 Å². The summed E-state index contributed by atoms with van der Waals surface area (Å²) in [4.78, 5) is -0.496. The van der Waals surface area contributed by atoms with Gasteiger partial charge in [0.25, 0.3) is 10.0 Å². The summed E-state index contributed by atoms with van der Waals surface area (Å²) in [7, 11) is -6.57. The van der Waals surface area contributed by atoms with Crippen LogP contribution in [0, 0.1) is 6.92 Å². The minimum atomic E-state index is -4.00. The first-order chi connectivity index (χ1) is 10.6. The van der Waals surface area contributed by atoms with Crippen molar-refractivity contribution in [3.8, 4) is 5.75 Å². The standard InChI is InChI=1S/C14H16N2O5S2/c1-10-6-7-14(21-2)13(8-10)16-23(19,20)12-5-3-4-11(9-12)22(15,17)18/h3-9,16H,1-2H3,(H2,15,17,18). The summed E-state index contributed by atoms with van der Waals surface area (Å²) in [6.07, 6.45) is 0. The topological polar surface area (TPSA) is 116 Å². The molecule has 0 atom stereocenters. The molecule has 0 aromatic heterocycles. The number of anilines is 1. The zero-order valence-corrected chi connectivity index (χ0v) is 14.1. The molecule has 0 aliphatic rings. The van der Waals surface area contributed by atoms with Gasteiger partial charge in [0.15, 0.2) is 0 Å². The largest absolute Gasteiger partial charge is 0.495 e. The Morgan fingerprint density at radius 3 is 2.26 bits per heavy atom. The van der Waals surface area contributed by atoms with Gasteiger partial charge in [-0.2, -0.15) is 0 Å². The van der Waals surface area contributed by atoms with Crippen LogP contribution in [0.4, 0.5) is 5.69 Å². The lowest BCUT2D eigenvalue weighted by Gasteiger charge is -2.13. The quantitative estimate of drug-likeness (QED) is 0.841. The van der Waals surface area contributed by atoms with Gasteiger partial charge in [0.2, 0.25) is 10.0 Å². The molecule has 0 aliphatic heterocycles. The summed E-state index contributed by atoms with van der Waals surface area (Å²) in [5.74, 6) is 0.349. The molecule has 2 rings (SSSR count). The number of hydrogen-bond donors (Lipinski definition) is 2. The van der Waals surface area contributed by atoms with Crippen LogP contribution in [0.5, 0.6) is 5.75 Å². The van der Waals surface area contributed by atoms with Gasteiger partial charge in [-0.1, -0.05) is 12.1 Å². The minimum Gasteiger partial charge on any atom is -0.495 e. The molecule has 0 fully saturated rings. The van der Waals surface area contributed by atoms with E-state index in [1.807, 2.05) is 0 Å². The first-order valence-electron chi connectivity index (χ1n) is 6.44. The van der Waals surface area contributed by atoms with E-state index in [-0.39, 0.29) is 15.5 Å². The lowest BCUT2D eigenvalue weighted by molar-refractivity contribution is 0.417. The van der Waals surface area contributed by atoms with E-state index in [1.165, 1.54) is 25.3 Å². The van der Waals surface area contributed by atoms with E-state index in [4.69, 9.17) is 9.88 Å². The van der Waals surface area contributed by atoms with Gasteiger partial charge in [0.1, 0.15) is 5.75 Å². The monoisotopic (exact) mass is 356 g/mol. The molecule has 0 saturated carbocycles. The van der Waals surface area contributed by atoms with E-state index in [0.29, 0.717) is 5.75 Å². The second kappa shape index (κ2) is 6.19. The average Bonchev–Trinajstić information content (AvgIpc) is 2.46. The van der Waals surface area contributed by atoms with Gasteiger partial charge in [-0.15, -0.1) is 0 Å². The Hall–Kier alpha value is -2.10. The number of rotatable bonds is 5. The van der Waals surface area contributed by atoms with Crippen LogP contribution in [0.2, 0.25) is 0 Å². The lowest BCUT2D eigenvalue weighted by Crippen LogP contribution is -2.16. The molecular formula is C14H16N2O5S2. The first kappa shape index (κ1) is 17.3. The number of ether oxygens (including phenoxy) is 1. The smallest absolute Gasteiger partial charge is 0.262 e. The lowest BCUT2D eigenvalue weighted by atomic mass is 10.2. The number of nitrogens with two attached hydrogens (primary N) is 1. The predicted octanol–water partition coefficient (Wildman–Crippen LogP) is 1.45. The van der Waals surface area contributed by atoms with Crippen molar-refractivity contribution in [1.82, 2.24) is 0 Å². The summed E-state index contributed by atoms with van der Waals surface area (Å²) in [5.41, 5.74) is 1.09. The van der Waals surface area contributed by atoms with Crippen LogP contribution in [0.15, 0.2) is 52.3 Å². The van der Waals surface area contributed by atoms with Gasteiger partial charge < -0.3 is 4.74 Å². The van der Waals surface area contributed by atoms with Crippen molar-refractivity contribution in [1.29, 1.82) is 0 Å². The van der Waals surface area contributed by atoms with Crippen LogP contribution in [-0.2, 0) is 20.0 Å². The van der Waals surface area contributed by atoms with E-state index in [2.05, 4.69) is 4.72 Å². The van der Waals surface area contributed by atoms with Crippen LogP contribution in [0.25, 0.3) is 0 Å². The van der Waals surface area contributed by atoms with Crippen LogP contribution in [-0.4, -0.2) is 23.9 Å². The molecule has 23 heavy (non-hydrogen) atoms. The van der Waals surface area contributed by atoms with Gasteiger partial charge in [0, 0.05) is 0 Å². The fraction of sp³-hybridized carbons (Fsp3) is 0.143. The fourth-order valence-corrected chi connectivity index (χ4v) is 3.66. The zero-order valence-electron chi connectivity index (χ0n) is 12.5. The Balaban J connectivity index is 2.46. The molecule has 124 valence electrons. The maximum absolute atomic E-state index is 12.5. The normalized spacial score (nSPS) is 12.0. The van der Waals surface area contributed by atoms with Crippen molar-refractivity contribution in [2.24, 2.45) is 5.14 Å². The van der Waals surface area contributed by atoms with E-state index in [0.717, 1.165) is 11.6 Å². The molecule has 0 saturated heterocycles. The molecule has 2 aromatic rings. The van der Waals surface area contributed by atoms with Crippen molar-refractivity contribution < 1.29 is 21.6 Å². The molecule has 3 N–H and O–H groups in total. The summed E-state index contributed by atoms with van der Waals surface area (Å²) in [6.45, 7) is 1.80. The maximum Gasteiger partial charge on any atom is 0.262 e. The molecule has 0 amide bonds. The highest BCUT2D eigenvalue weighted by Crippen LogP contribution is 2.28. The number of benzene rings is 2. The second-order valence-corrected chi connectivity index (χ2v) is 8.07. The van der Waals surface area contributed by atoms with Crippen LogP contribution >= 0.6 is 0 Å². The Morgan fingerprint density at radius 1 is 1.00 bits per heavy atom. The Labute approximate surface area is 135 Å². The number of nitrogens with one attached hydrogen (secondary N) is 1. The third-order valence-electron chi connectivity index (χ3n) is 3.04. The number of sulfonamides is 2. The van der Waals surface area contributed by atoms with Crippen LogP contribution in [0.1, 0.15) is 5.56 Å². The Morgan fingerprint density at radius 2 is 1.65 bits per heavy atom. The third kappa shape index (κ3) is 4.01. The van der Waals surface area contributed by atoms with Crippen molar-refractivity contribution in [2.45, 2.75) is 16.7 Å². The summed E-state index contributed by atoms with van der Waals surface area (Å²) < 4.78 is 55.1. The SMILES string of the molecule is COc1ccc(C)cc1NS(=O)(=O)c1cccc(S(N)(=O)=O)c1. The summed E-state index contributed by atoms with van der Waals surface area (Å²) in [5, 5.41) is 5.02. The van der Waals surface area contributed by atoms with Gasteiger partial charge in [-0.05, 0) is 42.8 Å². The molecular weight excluding hydrogens is 340 g/mol. The molecule has 0 heterocycles. The number of methoxy groups -OCH3 is 1. The van der Waals surface area contributed by atoms with E-state index in [1.54, 1.807) is 25.1 Å². The molecule has 2 aromatic carbocycles. The molecule has 7 nitrogen and oxygen atoms in total. The summed E-state index contributed by atoms with van der Waals surface area (Å²) in [6, 6.07) is 9.83. The average molecular weight is 356 g/mol. The maximum atomic E-state index is 12.5. The highest BCUT2D eigenvalue weighted by Gasteiger charge is 2.19.